The lowest BCUT2D eigenvalue weighted by molar-refractivity contribution is -0.137. The highest BCUT2D eigenvalue weighted by Gasteiger charge is 2.30. The maximum Gasteiger partial charge on any atom is 0.277 e. The molecule has 0 bridgehead atoms. The first-order valence-corrected chi connectivity index (χ1v) is 7.16. The number of aliphatic hydroxyl groups excluding tert-OH is 1. The number of anilines is 1. The molecule has 2 amide bonds. The quantitative estimate of drug-likeness (QED) is 0.816. The minimum absolute atomic E-state index is 0.0127. The van der Waals surface area contributed by atoms with E-state index >= 15 is 0 Å². The maximum atomic E-state index is 12.2. The number of para-hydroxylation sites is 1. The van der Waals surface area contributed by atoms with Crippen molar-refractivity contribution in [3.8, 4) is 11.3 Å². The topological polar surface area (TPSA) is 82.5 Å². The molecule has 6 heteroatoms. The van der Waals surface area contributed by atoms with Gasteiger partial charge in [0.05, 0.1) is 18.8 Å². The summed E-state index contributed by atoms with van der Waals surface area (Å²) in [4.78, 5) is 29.3. The maximum absolute atomic E-state index is 12.2. The van der Waals surface area contributed by atoms with Crippen molar-refractivity contribution < 1.29 is 14.7 Å². The van der Waals surface area contributed by atoms with E-state index in [1.165, 1.54) is 6.08 Å². The molecule has 2 N–H and O–H groups in total. The van der Waals surface area contributed by atoms with E-state index < -0.39 is 11.8 Å². The highest BCUT2D eigenvalue weighted by Crippen LogP contribution is 2.28. The molecule has 0 saturated heterocycles. The highest BCUT2D eigenvalue weighted by atomic mass is 16.3. The Hall–Kier alpha value is -2.99. The Morgan fingerprint density at radius 2 is 1.87 bits per heavy atom. The molecule has 23 heavy (non-hydrogen) atoms. The molecule has 1 aromatic carbocycles. The van der Waals surface area contributed by atoms with Crippen LogP contribution in [0, 0.1) is 0 Å². The number of β-amino-alcohol motifs (C(OH)–C–C–N with tert-alkyl or cyclic N) is 1. The number of nitrogens with one attached hydrogen (secondary N) is 1. The Kier molecular flexibility index (Phi) is 4.16. The van der Waals surface area contributed by atoms with Crippen LogP contribution in [0.25, 0.3) is 11.3 Å². The zero-order valence-electron chi connectivity index (χ0n) is 12.3. The van der Waals surface area contributed by atoms with Gasteiger partial charge in [-0.3, -0.25) is 19.5 Å². The summed E-state index contributed by atoms with van der Waals surface area (Å²) >= 11 is 0. The van der Waals surface area contributed by atoms with Crippen LogP contribution in [0.1, 0.15) is 0 Å². The van der Waals surface area contributed by atoms with Crippen LogP contribution in [-0.2, 0) is 9.59 Å². The number of amides is 2. The lowest BCUT2D eigenvalue weighted by Crippen LogP contribution is -2.34. The van der Waals surface area contributed by atoms with Gasteiger partial charge in [0.15, 0.2) is 0 Å². The number of carbonyl (C=O) groups excluding carboxylic acids is 2. The van der Waals surface area contributed by atoms with E-state index in [1.54, 1.807) is 6.20 Å². The first-order valence-electron chi connectivity index (χ1n) is 7.16. The minimum Gasteiger partial charge on any atom is -0.395 e. The van der Waals surface area contributed by atoms with Gasteiger partial charge in [-0.25, -0.2) is 0 Å². The summed E-state index contributed by atoms with van der Waals surface area (Å²) in [6, 6.07) is 13.0. The summed E-state index contributed by atoms with van der Waals surface area (Å²) in [7, 11) is 0. The fourth-order valence-corrected chi connectivity index (χ4v) is 2.39. The summed E-state index contributed by atoms with van der Waals surface area (Å²) in [5, 5.41) is 11.9. The molecular weight excluding hydrogens is 294 g/mol. The van der Waals surface area contributed by atoms with E-state index in [1.807, 2.05) is 42.5 Å². The van der Waals surface area contributed by atoms with Crippen LogP contribution in [0.15, 0.2) is 60.4 Å². The largest absolute Gasteiger partial charge is 0.395 e. The first-order chi connectivity index (χ1) is 11.2. The molecular formula is C17H15N3O3. The van der Waals surface area contributed by atoms with Crippen molar-refractivity contribution in [3.63, 3.8) is 0 Å². The van der Waals surface area contributed by atoms with Gasteiger partial charge >= 0.3 is 0 Å². The molecule has 0 fully saturated rings. The molecule has 1 aliphatic heterocycles. The summed E-state index contributed by atoms with van der Waals surface area (Å²) in [6.45, 7) is -0.273. The standard InChI is InChI=1S/C17H15N3O3/c21-10-9-20-16(22)11-15(17(20)23)19-14-7-2-1-5-12(14)13-6-3-4-8-18-13/h1-8,11,19,21H,9-10H2. The van der Waals surface area contributed by atoms with Gasteiger partial charge in [-0.1, -0.05) is 24.3 Å². The van der Waals surface area contributed by atoms with Crippen molar-refractivity contribution in [1.29, 1.82) is 0 Å². The van der Waals surface area contributed by atoms with E-state index in [-0.39, 0.29) is 18.8 Å². The Labute approximate surface area is 133 Å². The lowest BCUT2D eigenvalue weighted by atomic mass is 10.1. The normalized spacial score (nSPS) is 14.1. The third kappa shape index (κ3) is 2.97. The number of hydrogen-bond acceptors (Lipinski definition) is 5. The van der Waals surface area contributed by atoms with Gasteiger partial charge in [-0.05, 0) is 18.2 Å². The van der Waals surface area contributed by atoms with Gasteiger partial charge in [0.1, 0.15) is 5.70 Å². The molecule has 0 radical (unpaired) electrons. The fraction of sp³-hybridized carbons (Fsp3) is 0.118. The Bertz CT molecular complexity index is 772. The van der Waals surface area contributed by atoms with Crippen molar-refractivity contribution in [2.75, 3.05) is 18.5 Å². The van der Waals surface area contributed by atoms with Crippen LogP contribution in [0.3, 0.4) is 0 Å². The van der Waals surface area contributed by atoms with Crippen molar-refractivity contribution in [2.24, 2.45) is 0 Å². The van der Waals surface area contributed by atoms with Crippen LogP contribution in [-0.4, -0.2) is 40.0 Å². The second-order valence-corrected chi connectivity index (χ2v) is 4.96. The fourth-order valence-electron chi connectivity index (χ4n) is 2.39. The van der Waals surface area contributed by atoms with Gasteiger partial charge in [0.25, 0.3) is 11.8 Å². The molecule has 1 aromatic heterocycles. The predicted octanol–water partition coefficient (Wildman–Crippen LogP) is 1.41. The average molecular weight is 309 g/mol. The van der Waals surface area contributed by atoms with Gasteiger partial charge < -0.3 is 10.4 Å². The number of carbonyl (C=O) groups is 2. The Balaban J connectivity index is 1.89. The van der Waals surface area contributed by atoms with Crippen LogP contribution >= 0.6 is 0 Å². The Morgan fingerprint density at radius 3 is 2.61 bits per heavy atom. The van der Waals surface area contributed by atoms with Crippen LogP contribution in [0.5, 0.6) is 0 Å². The molecule has 0 unspecified atom stereocenters. The number of pyridine rings is 1. The lowest BCUT2D eigenvalue weighted by Gasteiger charge is -2.15. The molecule has 0 aliphatic carbocycles. The molecule has 1 aliphatic rings. The predicted molar refractivity (Wildman–Crippen MR) is 85.2 cm³/mol. The summed E-state index contributed by atoms with van der Waals surface area (Å²) in [5.41, 5.74) is 2.46. The number of rotatable bonds is 5. The van der Waals surface area contributed by atoms with Crippen molar-refractivity contribution >= 4 is 17.5 Å². The van der Waals surface area contributed by atoms with Gasteiger partial charge in [0.2, 0.25) is 0 Å². The summed E-state index contributed by atoms with van der Waals surface area (Å²) in [5.74, 6) is -0.873. The zero-order chi connectivity index (χ0) is 16.2. The molecule has 2 heterocycles. The second kappa shape index (κ2) is 6.41. The van der Waals surface area contributed by atoms with Gasteiger partial charge in [-0.2, -0.15) is 0 Å². The van der Waals surface area contributed by atoms with E-state index in [2.05, 4.69) is 10.3 Å². The van der Waals surface area contributed by atoms with Gasteiger partial charge in [0, 0.05) is 23.5 Å². The van der Waals surface area contributed by atoms with Crippen molar-refractivity contribution in [3.05, 3.63) is 60.4 Å². The Morgan fingerprint density at radius 1 is 1.09 bits per heavy atom. The molecule has 2 aromatic rings. The summed E-state index contributed by atoms with van der Waals surface area (Å²) in [6.07, 6.45) is 2.94. The SMILES string of the molecule is O=C1C=C(Nc2ccccc2-c2ccccn2)C(=O)N1CCO. The van der Waals surface area contributed by atoms with Crippen molar-refractivity contribution in [1.82, 2.24) is 9.88 Å². The number of benzene rings is 1. The van der Waals surface area contributed by atoms with Gasteiger partial charge in [-0.15, -0.1) is 0 Å². The number of aromatic nitrogens is 1. The molecule has 0 spiro atoms. The summed E-state index contributed by atoms with van der Waals surface area (Å²) < 4.78 is 0. The monoisotopic (exact) mass is 309 g/mol. The average Bonchev–Trinajstić information content (AvgIpc) is 2.84. The zero-order valence-corrected chi connectivity index (χ0v) is 12.3. The molecule has 6 nitrogen and oxygen atoms in total. The van der Waals surface area contributed by atoms with E-state index in [4.69, 9.17) is 5.11 Å². The smallest absolute Gasteiger partial charge is 0.277 e. The third-order valence-electron chi connectivity index (χ3n) is 3.47. The van der Waals surface area contributed by atoms with E-state index in [0.29, 0.717) is 5.69 Å². The van der Waals surface area contributed by atoms with Crippen LogP contribution < -0.4 is 5.32 Å². The molecule has 0 saturated carbocycles. The molecule has 0 atom stereocenters. The first kappa shape index (κ1) is 14.9. The van der Waals surface area contributed by atoms with Crippen LogP contribution in [0.4, 0.5) is 5.69 Å². The molecule has 116 valence electrons. The van der Waals surface area contributed by atoms with Crippen molar-refractivity contribution in [2.45, 2.75) is 0 Å². The third-order valence-corrected chi connectivity index (χ3v) is 3.47. The van der Waals surface area contributed by atoms with E-state index in [9.17, 15) is 9.59 Å². The number of imide groups is 1. The molecule has 3 rings (SSSR count). The number of hydrogen-bond donors (Lipinski definition) is 2. The van der Waals surface area contributed by atoms with Crippen LogP contribution in [0.2, 0.25) is 0 Å². The number of aliphatic hydroxyl groups is 1. The highest BCUT2D eigenvalue weighted by molar-refractivity contribution is 6.17. The van der Waals surface area contributed by atoms with E-state index in [0.717, 1.165) is 16.2 Å². The minimum atomic E-state index is -0.445. The second-order valence-electron chi connectivity index (χ2n) is 4.96. The number of nitrogens with zero attached hydrogens (tertiary/aromatic N) is 2.